The minimum Gasteiger partial charge on any atom is -0.496 e. The molecule has 0 bridgehead atoms. The molecule has 0 saturated heterocycles. The number of ether oxygens (including phenoxy) is 1. The van der Waals surface area contributed by atoms with E-state index in [4.69, 9.17) is 4.74 Å². The summed E-state index contributed by atoms with van der Waals surface area (Å²) in [5.74, 6) is 0.856. The number of rotatable bonds is 1. The van der Waals surface area contributed by atoms with Crippen molar-refractivity contribution < 1.29 is 4.74 Å². The van der Waals surface area contributed by atoms with Gasteiger partial charge in [-0.05, 0) is 22.5 Å². The summed E-state index contributed by atoms with van der Waals surface area (Å²) in [7, 11) is 1.68. The Kier molecular flexibility index (Phi) is 3.76. The van der Waals surface area contributed by atoms with Crippen molar-refractivity contribution in [1.29, 1.82) is 5.26 Å². The summed E-state index contributed by atoms with van der Waals surface area (Å²) in [6.07, 6.45) is 0. The molecule has 0 aliphatic rings. The SMILES string of the molecule is COc1c(C(C)(C)C)ccc(C#N)c1C(C)(C)C. The van der Waals surface area contributed by atoms with E-state index in [-0.39, 0.29) is 10.8 Å². The first-order valence-corrected chi connectivity index (χ1v) is 6.25. The van der Waals surface area contributed by atoms with Gasteiger partial charge in [0.2, 0.25) is 0 Å². The van der Waals surface area contributed by atoms with Gasteiger partial charge in [-0.1, -0.05) is 47.6 Å². The maximum absolute atomic E-state index is 9.29. The Morgan fingerprint density at radius 1 is 1.00 bits per heavy atom. The lowest BCUT2D eigenvalue weighted by atomic mass is 9.77. The van der Waals surface area contributed by atoms with Gasteiger partial charge in [0.05, 0.1) is 18.7 Å². The molecule has 0 aliphatic carbocycles. The second-order valence-electron chi connectivity index (χ2n) is 6.68. The first kappa shape index (κ1) is 14.6. The lowest BCUT2D eigenvalue weighted by molar-refractivity contribution is 0.381. The highest BCUT2D eigenvalue weighted by molar-refractivity contribution is 5.56. The first-order valence-electron chi connectivity index (χ1n) is 6.25. The molecular weight excluding hydrogens is 222 g/mol. The molecule has 1 rings (SSSR count). The van der Waals surface area contributed by atoms with E-state index in [1.165, 1.54) is 0 Å². The van der Waals surface area contributed by atoms with Crippen molar-refractivity contribution >= 4 is 0 Å². The number of nitriles is 1. The van der Waals surface area contributed by atoms with Crippen LogP contribution in [0.3, 0.4) is 0 Å². The molecule has 0 saturated carbocycles. The van der Waals surface area contributed by atoms with E-state index in [1.54, 1.807) is 7.11 Å². The van der Waals surface area contributed by atoms with E-state index in [1.807, 2.05) is 12.1 Å². The maximum Gasteiger partial charge on any atom is 0.127 e. The molecule has 1 aromatic rings. The molecule has 0 fully saturated rings. The number of nitrogens with zero attached hydrogens (tertiary/aromatic N) is 1. The lowest BCUT2D eigenvalue weighted by Crippen LogP contribution is -2.20. The van der Waals surface area contributed by atoms with Gasteiger partial charge in [-0.25, -0.2) is 0 Å². The Balaban J connectivity index is 3.71. The molecule has 0 N–H and O–H groups in total. The molecule has 1 aromatic carbocycles. The summed E-state index contributed by atoms with van der Waals surface area (Å²) in [5.41, 5.74) is 2.73. The van der Waals surface area contributed by atoms with Crippen molar-refractivity contribution in [2.24, 2.45) is 0 Å². The van der Waals surface area contributed by atoms with Gasteiger partial charge in [-0.3, -0.25) is 0 Å². The molecule has 2 nitrogen and oxygen atoms in total. The highest BCUT2D eigenvalue weighted by Gasteiger charge is 2.28. The quantitative estimate of drug-likeness (QED) is 0.744. The normalized spacial score (nSPS) is 12.1. The molecule has 0 aromatic heterocycles. The van der Waals surface area contributed by atoms with Crippen LogP contribution in [0.1, 0.15) is 58.2 Å². The fourth-order valence-corrected chi connectivity index (χ4v) is 2.22. The van der Waals surface area contributed by atoms with Gasteiger partial charge in [0.1, 0.15) is 5.75 Å². The lowest BCUT2D eigenvalue weighted by Gasteiger charge is -2.29. The zero-order valence-electron chi connectivity index (χ0n) is 12.5. The van der Waals surface area contributed by atoms with E-state index in [0.717, 1.165) is 16.9 Å². The Labute approximate surface area is 111 Å². The summed E-state index contributed by atoms with van der Waals surface area (Å²) >= 11 is 0. The summed E-state index contributed by atoms with van der Waals surface area (Å²) in [4.78, 5) is 0. The third-order valence-electron chi connectivity index (χ3n) is 3.04. The minimum absolute atomic E-state index is 0.000666. The van der Waals surface area contributed by atoms with Crippen LogP contribution in [0.25, 0.3) is 0 Å². The zero-order chi connectivity index (χ0) is 14.1. The second-order valence-corrected chi connectivity index (χ2v) is 6.68. The molecule has 0 radical (unpaired) electrons. The Morgan fingerprint density at radius 3 is 1.89 bits per heavy atom. The third-order valence-corrected chi connectivity index (χ3v) is 3.04. The average Bonchev–Trinajstić information content (AvgIpc) is 2.24. The van der Waals surface area contributed by atoms with Crippen LogP contribution in [0.5, 0.6) is 5.75 Å². The average molecular weight is 245 g/mol. The third kappa shape index (κ3) is 2.67. The van der Waals surface area contributed by atoms with E-state index < -0.39 is 0 Å². The first-order chi connectivity index (χ1) is 8.12. The summed E-state index contributed by atoms with van der Waals surface area (Å²) in [5, 5.41) is 9.29. The summed E-state index contributed by atoms with van der Waals surface area (Å²) in [6, 6.07) is 6.19. The van der Waals surface area contributed by atoms with Crippen LogP contribution in [0, 0.1) is 11.3 Å². The van der Waals surface area contributed by atoms with E-state index in [2.05, 4.69) is 47.6 Å². The van der Waals surface area contributed by atoms with E-state index in [0.29, 0.717) is 5.56 Å². The molecule has 18 heavy (non-hydrogen) atoms. The molecule has 2 heteroatoms. The van der Waals surface area contributed by atoms with Crippen LogP contribution in [0.2, 0.25) is 0 Å². The molecule has 0 aliphatic heterocycles. The van der Waals surface area contributed by atoms with Crippen LogP contribution in [0.4, 0.5) is 0 Å². The van der Waals surface area contributed by atoms with Gasteiger partial charge in [-0.2, -0.15) is 5.26 Å². The maximum atomic E-state index is 9.29. The predicted molar refractivity (Wildman–Crippen MR) is 75.1 cm³/mol. The second kappa shape index (κ2) is 4.65. The number of hydrogen-bond acceptors (Lipinski definition) is 2. The van der Waals surface area contributed by atoms with Crippen LogP contribution in [-0.2, 0) is 10.8 Å². The van der Waals surface area contributed by atoms with Crippen LogP contribution in [0.15, 0.2) is 12.1 Å². The van der Waals surface area contributed by atoms with Crippen molar-refractivity contribution in [1.82, 2.24) is 0 Å². The molecule has 0 amide bonds. The Hall–Kier alpha value is -1.49. The van der Waals surface area contributed by atoms with Crippen molar-refractivity contribution in [3.63, 3.8) is 0 Å². The van der Waals surface area contributed by atoms with E-state index >= 15 is 0 Å². The summed E-state index contributed by atoms with van der Waals surface area (Å²) < 4.78 is 5.62. The highest BCUT2D eigenvalue weighted by Crippen LogP contribution is 2.41. The van der Waals surface area contributed by atoms with Crippen LogP contribution >= 0.6 is 0 Å². The van der Waals surface area contributed by atoms with E-state index in [9.17, 15) is 5.26 Å². The Bertz CT molecular complexity index is 482. The predicted octanol–water partition coefficient (Wildman–Crippen LogP) is 4.16. The Morgan fingerprint density at radius 2 is 1.56 bits per heavy atom. The zero-order valence-corrected chi connectivity index (χ0v) is 12.5. The van der Waals surface area contributed by atoms with Crippen LogP contribution < -0.4 is 4.74 Å². The topological polar surface area (TPSA) is 33.0 Å². The molecule has 98 valence electrons. The van der Waals surface area contributed by atoms with Gasteiger partial charge in [0, 0.05) is 5.56 Å². The van der Waals surface area contributed by atoms with Gasteiger partial charge in [0.15, 0.2) is 0 Å². The molecule has 0 heterocycles. The summed E-state index contributed by atoms with van der Waals surface area (Å²) in [6.45, 7) is 12.8. The van der Waals surface area contributed by atoms with Crippen molar-refractivity contribution in [2.75, 3.05) is 7.11 Å². The number of hydrogen-bond donors (Lipinski definition) is 0. The molecule has 0 unspecified atom stereocenters. The van der Waals surface area contributed by atoms with Gasteiger partial charge >= 0.3 is 0 Å². The van der Waals surface area contributed by atoms with Gasteiger partial charge < -0.3 is 4.74 Å². The van der Waals surface area contributed by atoms with Crippen molar-refractivity contribution in [3.8, 4) is 11.8 Å². The van der Waals surface area contributed by atoms with Gasteiger partial charge in [0.25, 0.3) is 0 Å². The number of methoxy groups -OCH3 is 1. The largest absolute Gasteiger partial charge is 0.496 e. The monoisotopic (exact) mass is 245 g/mol. The standard InChI is InChI=1S/C16H23NO/c1-15(2,3)12-9-8-11(10-17)13(14(12)18-7)16(4,5)6/h8-9H,1-7H3. The number of benzene rings is 1. The minimum atomic E-state index is -0.113. The molecule has 0 spiro atoms. The fourth-order valence-electron chi connectivity index (χ4n) is 2.22. The smallest absolute Gasteiger partial charge is 0.127 e. The van der Waals surface area contributed by atoms with Crippen molar-refractivity contribution in [3.05, 3.63) is 28.8 Å². The van der Waals surface area contributed by atoms with Crippen molar-refractivity contribution in [2.45, 2.75) is 52.4 Å². The molecular formula is C16H23NO. The van der Waals surface area contributed by atoms with Gasteiger partial charge in [-0.15, -0.1) is 0 Å². The highest BCUT2D eigenvalue weighted by atomic mass is 16.5. The molecule has 0 atom stereocenters. The van der Waals surface area contributed by atoms with Crippen LogP contribution in [-0.4, -0.2) is 7.11 Å². The fraction of sp³-hybridized carbons (Fsp3) is 0.562.